The van der Waals surface area contributed by atoms with E-state index in [9.17, 15) is 4.79 Å². The van der Waals surface area contributed by atoms with Crippen LogP contribution in [-0.4, -0.2) is 17.5 Å². The average Bonchev–Trinajstić information content (AvgIpc) is 2.25. The lowest BCUT2D eigenvalue weighted by atomic mass is 10.4. The lowest BCUT2D eigenvalue weighted by molar-refractivity contribution is -0.116. The summed E-state index contributed by atoms with van der Waals surface area (Å²) in [5.41, 5.74) is 0. The summed E-state index contributed by atoms with van der Waals surface area (Å²) in [6.07, 6.45) is 1.99. The predicted molar refractivity (Wildman–Crippen MR) is 50.7 cm³/mol. The standard InChI is InChI=1S/C8H7BrN2O2/c9-5-3-6-8(10-4-5)11-7(12)1-2-13-6/h3-4H,1-2H2,(H,10,11,12). The van der Waals surface area contributed by atoms with E-state index < -0.39 is 0 Å². The van der Waals surface area contributed by atoms with Gasteiger partial charge in [0.25, 0.3) is 0 Å². The van der Waals surface area contributed by atoms with Crippen LogP contribution in [0.5, 0.6) is 5.75 Å². The van der Waals surface area contributed by atoms with Gasteiger partial charge in [0, 0.05) is 10.7 Å². The summed E-state index contributed by atoms with van der Waals surface area (Å²) in [5.74, 6) is 1.04. The van der Waals surface area contributed by atoms with Gasteiger partial charge in [0.2, 0.25) is 5.91 Å². The highest BCUT2D eigenvalue weighted by atomic mass is 79.9. The number of nitrogens with one attached hydrogen (secondary N) is 1. The Morgan fingerprint density at radius 3 is 3.31 bits per heavy atom. The van der Waals surface area contributed by atoms with Gasteiger partial charge in [-0.05, 0) is 22.0 Å². The highest BCUT2D eigenvalue weighted by Gasteiger charge is 2.14. The number of ether oxygens (including phenoxy) is 1. The van der Waals surface area contributed by atoms with Crippen molar-refractivity contribution in [3.8, 4) is 5.75 Å². The van der Waals surface area contributed by atoms with Crippen molar-refractivity contribution in [3.63, 3.8) is 0 Å². The minimum absolute atomic E-state index is 0.0615. The third-order valence-corrected chi connectivity index (χ3v) is 2.10. The van der Waals surface area contributed by atoms with E-state index in [4.69, 9.17) is 4.74 Å². The zero-order chi connectivity index (χ0) is 9.26. The van der Waals surface area contributed by atoms with E-state index >= 15 is 0 Å². The van der Waals surface area contributed by atoms with Crippen molar-refractivity contribution in [1.29, 1.82) is 0 Å². The van der Waals surface area contributed by atoms with Gasteiger partial charge in [-0.3, -0.25) is 4.79 Å². The number of rotatable bonds is 0. The molecule has 1 N–H and O–H groups in total. The molecule has 1 aromatic heterocycles. The molecule has 0 bridgehead atoms. The van der Waals surface area contributed by atoms with Gasteiger partial charge in [-0.15, -0.1) is 0 Å². The molecular formula is C8H7BrN2O2. The smallest absolute Gasteiger partial charge is 0.229 e. The van der Waals surface area contributed by atoms with Crippen molar-refractivity contribution in [2.75, 3.05) is 11.9 Å². The first-order chi connectivity index (χ1) is 6.25. The Morgan fingerprint density at radius 1 is 1.62 bits per heavy atom. The van der Waals surface area contributed by atoms with Crippen LogP contribution in [0.4, 0.5) is 5.82 Å². The Hall–Kier alpha value is -1.10. The molecule has 1 aliphatic rings. The summed E-state index contributed by atoms with van der Waals surface area (Å²) >= 11 is 3.28. The fourth-order valence-electron chi connectivity index (χ4n) is 1.07. The Labute approximate surface area is 83.4 Å². The molecule has 0 radical (unpaired) electrons. The van der Waals surface area contributed by atoms with Crippen LogP contribution in [0, 0.1) is 0 Å². The Bertz CT molecular complexity index is 354. The number of carbonyl (C=O) groups is 1. The first-order valence-electron chi connectivity index (χ1n) is 3.84. The summed E-state index contributed by atoms with van der Waals surface area (Å²) in [5, 5.41) is 2.65. The Kier molecular flexibility index (Phi) is 2.18. The summed E-state index contributed by atoms with van der Waals surface area (Å²) in [6.45, 7) is 0.400. The summed E-state index contributed by atoms with van der Waals surface area (Å²) in [7, 11) is 0. The first-order valence-corrected chi connectivity index (χ1v) is 4.63. The molecule has 1 aliphatic heterocycles. The van der Waals surface area contributed by atoms with Gasteiger partial charge in [-0.1, -0.05) is 0 Å². The molecule has 13 heavy (non-hydrogen) atoms. The minimum atomic E-state index is -0.0615. The van der Waals surface area contributed by atoms with Gasteiger partial charge in [0.15, 0.2) is 11.6 Å². The van der Waals surface area contributed by atoms with Gasteiger partial charge in [-0.25, -0.2) is 4.98 Å². The van der Waals surface area contributed by atoms with E-state index in [0.29, 0.717) is 24.6 Å². The molecule has 0 spiro atoms. The normalized spacial score (nSPS) is 15.3. The third-order valence-electron chi connectivity index (χ3n) is 1.66. The maximum atomic E-state index is 11.1. The second-order valence-electron chi connectivity index (χ2n) is 2.65. The number of pyridine rings is 1. The quantitative estimate of drug-likeness (QED) is 0.752. The Morgan fingerprint density at radius 2 is 2.46 bits per heavy atom. The SMILES string of the molecule is O=C1CCOc2cc(Br)cnc2N1. The molecule has 68 valence electrons. The Balaban J connectivity index is 2.40. The zero-order valence-corrected chi connectivity index (χ0v) is 8.30. The first kappa shape index (κ1) is 8.50. The van der Waals surface area contributed by atoms with Crippen LogP contribution in [0.3, 0.4) is 0 Å². The molecule has 0 fully saturated rings. The lowest BCUT2D eigenvalue weighted by Crippen LogP contribution is -2.11. The summed E-state index contributed by atoms with van der Waals surface area (Å²) in [4.78, 5) is 15.1. The van der Waals surface area contributed by atoms with E-state index in [-0.39, 0.29) is 5.91 Å². The summed E-state index contributed by atoms with van der Waals surface area (Å²) in [6, 6.07) is 1.79. The minimum Gasteiger partial charge on any atom is -0.489 e. The predicted octanol–water partition coefficient (Wildman–Crippen LogP) is 1.57. The molecule has 4 nitrogen and oxygen atoms in total. The van der Waals surface area contributed by atoms with Gasteiger partial charge in [0.1, 0.15) is 0 Å². The second-order valence-corrected chi connectivity index (χ2v) is 3.56. The molecular weight excluding hydrogens is 236 g/mol. The number of nitrogens with zero attached hydrogens (tertiary/aromatic N) is 1. The van der Waals surface area contributed by atoms with Gasteiger partial charge < -0.3 is 10.1 Å². The lowest BCUT2D eigenvalue weighted by Gasteiger charge is -2.04. The van der Waals surface area contributed by atoms with E-state index in [1.807, 2.05) is 0 Å². The number of aromatic nitrogens is 1. The average molecular weight is 243 g/mol. The van der Waals surface area contributed by atoms with Crippen LogP contribution in [-0.2, 0) is 4.79 Å². The van der Waals surface area contributed by atoms with Gasteiger partial charge >= 0.3 is 0 Å². The fraction of sp³-hybridized carbons (Fsp3) is 0.250. The number of hydrogen-bond acceptors (Lipinski definition) is 3. The van der Waals surface area contributed by atoms with Crippen LogP contribution < -0.4 is 10.1 Å². The second kappa shape index (κ2) is 3.33. The van der Waals surface area contributed by atoms with Crippen molar-refractivity contribution >= 4 is 27.7 Å². The molecule has 0 aliphatic carbocycles. The van der Waals surface area contributed by atoms with Crippen LogP contribution in [0.2, 0.25) is 0 Å². The van der Waals surface area contributed by atoms with Crippen molar-refractivity contribution in [2.24, 2.45) is 0 Å². The largest absolute Gasteiger partial charge is 0.489 e. The highest BCUT2D eigenvalue weighted by molar-refractivity contribution is 9.10. The number of hydrogen-bond donors (Lipinski definition) is 1. The topological polar surface area (TPSA) is 51.2 Å². The van der Waals surface area contributed by atoms with E-state index in [1.165, 1.54) is 0 Å². The number of anilines is 1. The molecule has 5 heteroatoms. The van der Waals surface area contributed by atoms with E-state index in [2.05, 4.69) is 26.2 Å². The van der Waals surface area contributed by atoms with Crippen molar-refractivity contribution in [3.05, 3.63) is 16.7 Å². The fourth-order valence-corrected chi connectivity index (χ4v) is 1.38. The number of carbonyl (C=O) groups excluding carboxylic acids is 1. The van der Waals surface area contributed by atoms with E-state index in [1.54, 1.807) is 12.3 Å². The van der Waals surface area contributed by atoms with Crippen LogP contribution in [0.25, 0.3) is 0 Å². The van der Waals surface area contributed by atoms with Crippen LogP contribution >= 0.6 is 15.9 Å². The monoisotopic (exact) mass is 242 g/mol. The van der Waals surface area contributed by atoms with Crippen molar-refractivity contribution in [2.45, 2.75) is 6.42 Å². The molecule has 2 rings (SSSR count). The summed E-state index contributed by atoms with van der Waals surface area (Å²) < 4.78 is 6.16. The van der Waals surface area contributed by atoms with Crippen molar-refractivity contribution < 1.29 is 9.53 Å². The van der Waals surface area contributed by atoms with Gasteiger partial charge in [-0.2, -0.15) is 0 Å². The molecule has 2 heterocycles. The maximum Gasteiger partial charge on any atom is 0.229 e. The molecule has 1 amide bonds. The molecule has 0 atom stereocenters. The van der Waals surface area contributed by atoms with Gasteiger partial charge in [0.05, 0.1) is 13.0 Å². The molecule has 0 aromatic carbocycles. The number of fused-ring (bicyclic) bond motifs is 1. The highest BCUT2D eigenvalue weighted by Crippen LogP contribution is 2.27. The van der Waals surface area contributed by atoms with Crippen LogP contribution in [0.15, 0.2) is 16.7 Å². The molecule has 1 aromatic rings. The van der Waals surface area contributed by atoms with Crippen molar-refractivity contribution in [1.82, 2.24) is 4.98 Å². The molecule has 0 unspecified atom stereocenters. The number of halogens is 1. The van der Waals surface area contributed by atoms with E-state index in [0.717, 1.165) is 4.47 Å². The molecule has 0 saturated carbocycles. The third kappa shape index (κ3) is 1.80. The zero-order valence-electron chi connectivity index (χ0n) is 6.71. The maximum absolute atomic E-state index is 11.1. The number of amides is 1. The van der Waals surface area contributed by atoms with Crippen LogP contribution in [0.1, 0.15) is 6.42 Å². The molecule has 0 saturated heterocycles.